The summed E-state index contributed by atoms with van der Waals surface area (Å²) >= 11 is 3.57. The normalized spacial score (nSPS) is 20.2. The Bertz CT molecular complexity index is 392. The van der Waals surface area contributed by atoms with E-state index < -0.39 is 0 Å². The molecular formula is C15H23BrN2. The minimum absolute atomic E-state index is 0.866. The van der Waals surface area contributed by atoms with Crippen LogP contribution in [-0.2, 0) is 6.54 Å². The molecule has 0 aromatic heterocycles. The number of benzene rings is 1. The van der Waals surface area contributed by atoms with Crippen LogP contribution in [0.1, 0.15) is 31.7 Å². The third-order valence-electron chi connectivity index (χ3n) is 3.85. The van der Waals surface area contributed by atoms with E-state index in [4.69, 9.17) is 0 Å². The summed E-state index contributed by atoms with van der Waals surface area (Å²) in [7, 11) is 2.01. The molecule has 2 rings (SSSR count). The van der Waals surface area contributed by atoms with E-state index in [1.54, 1.807) is 0 Å². The van der Waals surface area contributed by atoms with E-state index in [2.05, 4.69) is 51.3 Å². The molecule has 1 heterocycles. The fraction of sp³-hybridized carbons (Fsp3) is 0.600. The number of nitrogens with one attached hydrogen (secondary N) is 1. The van der Waals surface area contributed by atoms with Crippen LogP contribution >= 0.6 is 15.9 Å². The molecule has 1 aliphatic rings. The van der Waals surface area contributed by atoms with Gasteiger partial charge in [0.2, 0.25) is 0 Å². The molecular weight excluding hydrogens is 288 g/mol. The van der Waals surface area contributed by atoms with Gasteiger partial charge in [-0.15, -0.1) is 0 Å². The van der Waals surface area contributed by atoms with E-state index in [0.29, 0.717) is 0 Å². The molecule has 1 N–H and O–H groups in total. The third kappa shape index (κ3) is 3.27. The molecule has 1 aliphatic heterocycles. The SMILES string of the molecule is CCC1CCCN(c2ccc(Br)cc2CNC)C1. The molecule has 0 bridgehead atoms. The summed E-state index contributed by atoms with van der Waals surface area (Å²) in [6, 6.07) is 6.65. The lowest BCUT2D eigenvalue weighted by Gasteiger charge is -2.35. The Morgan fingerprint density at radius 3 is 3.00 bits per heavy atom. The van der Waals surface area contributed by atoms with E-state index >= 15 is 0 Å². The third-order valence-corrected chi connectivity index (χ3v) is 4.34. The largest absolute Gasteiger partial charge is 0.371 e. The maximum absolute atomic E-state index is 3.57. The van der Waals surface area contributed by atoms with Crippen LogP contribution in [-0.4, -0.2) is 20.1 Å². The van der Waals surface area contributed by atoms with Gasteiger partial charge in [0.05, 0.1) is 0 Å². The van der Waals surface area contributed by atoms with Gasteiger partial charge in [0, 0.05) is 29.8 Å². The van der Waals surface area contributed by atoms with Gasteiger partial charge in [-0.2, -0.15) is 0 Å². The van der Waals surface area contributed by atoms with Crippen LogP contribution in [0, 0.1) is 5.92 Å². The standard InChI is InChI=1S/C15H23BrN2/c1-3-12-5-4-8-18(11-12)15-7-6-14(16)9-13(15)10-17-2/h6-7,9,12,17H,3-5,8,10-11H2,1-2H3. The van der Waals surface area contributed by atoms with E-state index in [0.717, 1.165) is 12.5 Å². The Balaban J connectivity index is 2.20. The summed E-state index contributed by atoms with van der Waals surface area (Å²) in [5.74, 6) is 0.866. The van der Waals surface area contributed by atoms with E-state index in [-0.39, 0.29) is 0 Å². The maximum atomic E-state index is 3.57. The van der Waals surface area contributed by atoms with Crippen LogP contribution in [0.5, 0.6) is 0 Å². The summed E-state index contributed by atoms with van der Waals surface area (Å²) in [6.07, 6.45) is 4.02. The molecule has 0 aliphatic carbocycles. The number of hydrogen-bond acceptors (Lipinski definition) is 2. The lowest BCUT2D eigenvalue weighted by atomic mass is 9.94. The highest BCUT2D eigenvalue weighted by molar-refractivity contribution is 9.10. The summed E-state index contributed by atoms with van der Waals surface area (Å²) in [5, 5.41) is 3.27. The molecule has 0 amide bonds. The molecule has 0 radical (unpaired) electrons. The summed E-state index contributed by atoms with van der Waals surface area (Å²) < 4.78 is 1.17. The topological polar surface area (TPSA) is 15.3 Å². The van der Waals surface area contributed by atoms with Crippen molar-refractivity contribution in [2.75, 3.05) is 25.0 Å². The predicted octanol–water partition coefficient (Wildman–Crippen LogP) is 3.79. The Kier molecular flexibility index (Phi) is 5.07. The second-order valence-corrected chi connectivity index (χ2v) is 6.08. The number of rotatable bonds is 4. The lowest BCUT2D eigenvalue weighted by molar-refractivity contribution is 0.404. The van der Waals surface area contributed by atoms with Crippen molar-refractivity contribution >= 4 is 21.6 Å². The zero-order chi connectivity index (χ0) is 13.0. The molecule has 1 fully saturated rings. The van der Waals surface area contributed by atoms with Crippen molar-refractivity contribution in [2.24, 2.45) is 5.92 Å². The minimum Gasteiger partial charge on any atom is -0.371 e. The molecule has 0 spiro atoms. The molecule has 3 heteroatoms. The van der Waals surface area contributed by atoms with Gasteiger partial charge in [0.25, 0.3) is 0 Å². The Hall–Kier alpha value is -0.540. The molecule has 1 unspecified atom stereocenters. The number of piperidine rings is 1. The van der Waals surface area contributed by atoms with Gasteiger partial charge in [-0.3, -0.25) is 0 Å². The summed E-state index contributed by atoms with van der Waals surface area (Å²) in [5.41, 5.74) is 2.80. The van der Waals surface area contributed by atoms with E-state index in [1.807, 2.05) is 7.05 Å². The highest BCUT2D eigenvalue weighted by atomic mass is 79.9. The molecule has 1 aromatic carbocycles. The number of halogens is 1. The van der Waals surface area contributed by atoms with E-state index in [1.165, 1.54) is 48.1 Å². The fourth-order valence-electron chi connectivity index (χ4n) is 2.81. The van der Waals surface area contributed by atoms with Crippen LogP contribution in [0.25, 0.3) is 0 Å². The Morgan fingerprint density at radius 2 is 2.28 bits per heavy atom. The van der Waals surface area contributed by atoms with Crippen molar-refractivity contribution in [3.05, 3.63) is 28.2 Å². The second-order valence-electron chi connectivity index (χ2n) is 5.17. The predicted molar refractivity (Wildman–Crippen MR) is 82.1 cm³/mol. The van der Waals surface area contributed by atoms with Crippen molar-refractivity contribution in [1.82, 2.24) is 5.32 Å². The second kappa shape index (κ2) is 6.58. The van der Waals surface area contributed by atoms with Crippen LogP contribution in [0.3, 0.4) is 0 Å². The van der Waals surface area contributed by atoms with Gasteiger partial charge >= 0.3 is 0 Å². The van der Waals surface area contributed by atoms with Gasteiger partial charge in [-0.25, -0.2) is 0 Å². The number of anilines is 1. The summed E-state index contributed by atoms with van der Waals surface area (Å²) in [4.78, 5) is 2.57. The zero-order valence-corrected chi connectivity index (χ0v) is 13.0. The van der Waals surface area contributed by atoms with Crippen LogP contribution < -0.4 is 10.2 Å². The minimum atomic E-state index is 0.866. The van der Waals surface area contributed by atoms with Gasteiger partial charge in [-0.05, 0) is 49.6 Å². The number of nitrogens with zero attached hydrogens (tertiary/aromatic N) is 1. The maximum Gasteiger partial charge on any atom is 0.0412 e. The van der Waals surface area contributed by atoms with Crippen molar-refractivity contribution in [3.63, 3.8) is 0 Å². The molecule has 1 atom stereocenters. The molecule has 2 nitrogen and oxygen atoms in total. The monoisotopic (exact) mass is 310 g/mol. The van der Waals surface area contributed by atoms with Crippen molar-refractivity contribution < 1.29 is 0 Å². The molecule has 1 aromatic rings. The molecule has 100 valence electrons. The number of hydrogen-bond donors (Lipinski definition) is 1. The Labute approximate surface area is 119 Å². The zero-order valence-electron chi connectivity index (χ0n) is 11.4. The highest BCUT2D eigenvalue weighted by Crippen LogP contribution is 2.29. The lowest BCUT2D eigenvalue weighted by Crippen LogP contribution is -2.36. The van der Waals surface area contributed by atoms with E-state index in [9.17, 15) is 0 Å². The van der Waals surface area contributed by atoms with Gasteiger partial charge in [0.15, 0.2) is 0 Å². The molecule has 0 saturated carbocycles. The average Bonchev–Trinajstić information content (AvgIpc) is 2.39. The van der Waals surface area contributed by atoms with Crippen molar-refractivity contribution in [1.29, 1.82) is 0 Å². The highest BCUT2D eigenvalue weighted by Gasteiger charge is 2.20. The van der Waals surface area contributed by atoms with Crippen LogP contribution in [0.15, 0.2) is 22.7 Å². The average molecular weight is 311 g/mol. The van der Waals surface area contributed by atoms with Gasteiger partial charge in [0.1, 0.15) is 0 Å². The molecule has 1 saturated heterocycles. The van der Waals surface area contributed by atoms with Crippen LogP contribution in [0.4, 0.5) is 5.69 Å². The Morgan fingerprint density at radius 1 is 1.44 bits per heavy atom. The quantitative estimate of drug-likeness (QED) is 0.910. The smallest absolute Gasteiger partial charge is 0.0412 e. The van der Waals surface area contributed by atoms with Crippen LogP contribution in [0.2, 0.25) is 0 Å². The van der Waals surface area contributed by atoms with Crippen molar-refractivity contribution in [2.45, 2.75) is 32.7 Å². The first-order valence-electron chi connectivity index (χ1n) is 6.92. The first kappa shape index (κ1) is 13.9. The first-order valence-corrected chi connectivity index (χ1v) is 7.72. The first-order chi connectivity index (χ1) is 8.74. The summed E-state index contributed by atoms with van der Waals surface area (Å²) in [6.45, 7) is 5.66. The van der Waals surface area contributed by atoms with Gasteiger partial charge in [-0.1, -0.05) is 29.3 Å². The van der Waals surface area contributed by atoms with Gasteiger partial charge < -0.3 is 10.2 Å². The molecule has 18 heavy (non-hydrogen) atoms. The van der Waals surface area contributed by atoms with Crippen molar-refractivity contribution in [3.8, 4) is 0 Å². The fourth-order valence-corrected chi connectivity index (χ4v) is 3.22.